The molecule has 120 valence electrons. The molecule has 3 aromatic rings. The van der Waals surface area contributed by atoms with Gasteiger partial charge < -0.3 is 18.6 Å². The van der Waals surface area contributed by atoms with E-state index in [2.05, 4.69) is 20.0 Å². The molecule has 0 bridgehead atoms. The van der Waals surface area contributed by atoms with Crippen molar-refractivity contribution in [3.63, 3.8) is 0 Å². The Labute approximate surface area is 133 Å². The molecule has 0 N–H and O–H groups in total. The van der Waals surface area contributed by atoms with Gasteiger partial charge in [0, 0.05) is 13.7 Å². The maximum absolute atomic E-state index is 5.93. The van der Waals surface area contributed by atoms with E-state index < -0.39 is 0 Å². The summed E-state index contributed by atoms with van der Waals surface area (Å²) in [6.45, 7) is 3.31. The summed E-state index contributed by atoms with van der Waals surface area (Å²) in [4.78, 5) is 10.9. The van der Waals surface area contributed by atoms with Crippen molar-refractivity contribution in [2.24, 2.45) is 0 Å². The number of furan rings is 1. The molecular formula is C16H18N4O3. The molecule has 7 heteroatoms. The summed E-state index contributed by atoms with van der Waals surface area (Å²) < 4.78 is 16.3. The van der Waals surface area contributed by atoms with Crippen molar-refractivity contribution in [3.8, 4) is 0 Å². The largest absolute Gasteiger partial charge is 0.461 e. The zero-order chi connectivity index (χ0) is 15.8. The van der Waals surface area contributed by atoms with Crippen molar-refractivity contribution < 1.29 is 13.7 Å². The van der Waals surface area contributed by atoms with Crippen LogP contribution in [0.4, 0.5) is 5.82 Å². The normalized spacial score (nSPS) is 18.2. The lowest BCUT2D eigenvalue weighted by molar-refractivity contribution is 0.162. The molecular weight excluding hydrogens is 296 g/mol. The molecule has 0 saturated carbocycles. The topological polar surface area (TPSA) is 77.4 Å². The Morgan fingerprint density at radius 1 is 1.35 bits per heavy atom. The molecule has 0 radical (unpaired) electrons. The first-order valence-corrected chi connectivity index (χ1v) is 7.69. The monoisotopic (exact) mass is 314 g/mol. The summed E-state index contributed by atoms with van der Waals surface area (Å²) in [7, 11) is 1.66. The third-order valence-corrected chi connectivity index (χ3v) is 4.25. The zero-order valence-corrected chi connectivity index (χ0v) is 13.2. The van der Waals surface area contributed by atoms with Gasteiger partial charge in [0.25, 0.3) is 5.71 Å². The van der Waals surface area contributed by atoms with Gasteiger partial charge in [0.1, 0.15) is 35.7 Å². The van der Waals surface area contributed by atoms with Crippen molar-refractivity contribution in [1.29, 1.82) is 0 Å². The summed E-state index contributed by atoms with van der Waals surface area (Å²) in [6.07, 6.45) is 3.63. The minimum atomic E-state index is 0.160. The zero-order valence-electron chi connectivity index (χ0n) is 13.2. The van der Waals surface area contributed by atoms with Crippen molar-refractivity contribution >= 4 is 16.9 Å². The molecule has 7 nitrogen and oxygen atoms in total. The molecule has 0 aromatic carbocycles. The van der Waals surface area contributed by atoms with Gasteiger partial charge in [-0.1, -0.05) is 5.16 Å². The van der Waals surface area contributed by atoms with Gasteiger partial charge in [0.15, 0.2) is 0 Å². The van der Waals surface area contributed by atoms with Crippen LogP contribution in [0.25, 0.3) is 11.1 Å². The molecule has 3 aromatic heterocycles. The second-order valence-electron chi connectivity index (χ2n) is 5.73. The first-order chi connectivity index (χ1) is 11.3. The number of hydrogen-bond donors (Lipinski definition) is 0. The molecule has 0 amide bonds. The van der Waals surface area contributed by atoms with Crippen LogP contribution >= 0.6 is 0 Å². The third kappa shape index (κ3) is 2.37. The van der Waals surface area contributed by atoms with Crippen LogP contribution in [-0.4, -0.2) is 28.8 Å². The van der Waals surface area contributed by atoms with E-state index in [1.165, 1.54) is 6.33 Å². The quantitative estimate of drug-likeness (QED) is 0.732. The number of anilines is 1. The van der Waals surface area contributed by atoms with Gasteiger partial charge in [-0.15, -0.1) is 0 Å². The number of fused-ring (bicyclic) bond motifs is 1. The number of ether oxygens (including phenoxy) is 1. The number of nitrogens with zero attached hydrogens (tertiary/aromatic N) is 4. The fourth-order valence-electron chi connectivity index (χ4n) is 3.23. The predicted octanol–water partition coefficient (Wildman–Crippen LogP) is 3.01. The number of aromatic nitrogens is 3. The first-order valence-electron chi connectivity index (χ1n) is 7.69. The van der Waals surface area contributed by atoms with Crippen molar-refractivity contribution in [2.75, 3.05) is 18.6 Å². The molecule has 23 heavy (non-hydrogen) atoms. The molecule has 0 aliphatic carbocycles. The standard InChI is InChI=1S/C16H18N4O3/c1-10-14-15(17-9-18-16(14)23-19-10)20-7-3-4-12(20)13-6-5-11(22-13)8-21-2/h5-6,9,12H,3-4,7-8H2,1-2H3. The van der Waals surface area contributed by atoms with Crippen LogP contribution < -0.4 is 4.90 Å². The average Bonchev–Trinajstić information content (AvgIpc) is 3.27. The maximum atomic E-state index is 5.93. The van der Waals surface area contributed by atoms with Gasteiger partial charge in [-0.25, -0.2) is 4.98 Å². The number of aryl methyl sites for hydroxylation is 1. The molecule has 1 aliphatic rings. The Bertz CT molecular complexity index is 826. The predicted molar refractivity (Wildman–Crippen MR) is 83.1 cm³/mol. The van der Waals surface area contributed by atoms with Gasteiger partial charge in [-0.05, 0) is 31.9 Å². The van der Waals surface area contributed by atoms with Gasteiger partial charge >= 0.3 is 0 Å². The lowest BCUT2D eigenvalue weighted by atomic mass is 10.1. The Balaban J connectivity index is 1.73. The van der Waals surface area contributed by atoms with Gasteiger partial charge in [0.05, 0.1) is 11.7 Å². The van der Waals surface area contributed by atoms with Gasteiger partial charge in [0.2, 0.25) is 0 Å². The summed E-state index contributed by atoms with van der Waals surface area (Å²) in [5.41, 5.74) is 1.33. The van der Waals surface area contributed by atoms with E-state index in [1.807, 2.05) is 19.1 Å². The molecule has 1 fully saturated rings. The van der Waals surface area contributed by atoms with Crippen LogP contribution in [0.2, 0.25) is 0 Å². The molecule has 1 aliphatic heterocycles. The summed E-state index contributed by atoms with van der Waals surface area (Å²) in [5, 5.41) is 4.89. The van der Waals surface area contributed by atoms with Gasteiger partial charge in [-0.3, -0.25) is 0 Å². The molecule has 4 rings (SSSR count). The number of methoxy groups -OCH3 is 1. The van der Waals surface area contributed by atoms with E-state index in [1.54, 1.807) is 7.11 Å². The molecule has 1 unspecified atom stereocenters. The van der Waals surface area contributed by atoms with Gasteiger partial charge in [-0.2, -0.15) is 4.98 Å². The van der Waals surface area contributed by atoms with E-state index >= 15 is 0 Å². The highest BCUT2D eigenvalue weighted by Gasteiger charge is 2.31. The number of hydrogen-bond acceptors (Lipinski definition) is 7. The highest BCUT2D eigenvalue weighted by molar-refractivity contribution is 5.88. The minimum absolute atomic E-state index is 0.160. The second kappa shape index (κ2) is 5.66. The minimum Gasteiger partial charge on any atom is -0.461 e. The SMILES string of the molecule is COCc1ccc(C2CCCN2c2ncnc3onc(C)c23)o1. The molecule has 1 atom stereocenters. The van der Waals surface area contributed by atoms with Crippen molar-refractivity contribution in [3.05, 3.63) is 35.7 Å². The summed E-state index contributed by atoms with van der Waals surface area (Å²) >= 11 is 0. The Morgan fingerprint density at radius 3 is 3.13 bits per heavy atom. The Kier molecular flexibility index (Phi) is 3.49. The second-order valence-corrected chi connectivity index (χ2v) is 5.73. The molecule has 0 spiro atoms. The smallest absolute Gasteiger partial charge is 0.263 e. The average molecular weight is 314 g/mol. The van der Waals surface area contributed by atoms with Crippen LogP contribution in [-0.2, 0) is 11.3 Å². The van der Waals surface area contributed by atoms with Crippen LogP contribution in [0.1, 0.15) is 36.1 Å². The highest BCUT2D eigenvalue weighted by Crippen LogP contribution is 2.39. The van der Waals surface area contributed by atoms with E-state index in [0.717, 1.165) is 47.8 Å². The van der Waals surface area contributed by atoms with Crippen LogP contribution in [0.3, 0.4) is 0 Å². The van der Waals surface area contributed by atoms with Crippen LogP contribution in [0, 0.1) is 6.92 Å². The Hall–Kier alpha value is -2.41. The van der Waals surface area contributed by atoms with E-state index in [4.69, 9.17) is 13.7 Å². The number of rotatable bonds is 4. The lowest BCUT2D eigenvalue weighted by Crippen LogP contribution is -2.23. The van der Waals surface area contributed by atoms with E-state index in [0.29, 0.717) is 12.3 Å². The Morgan fingerprint density at radius 2 is 2.26 bits per heavy atom. The first kappa shape index (κ1) is 14.2. The maximum Gasteiger partial charge on any atom is 0.263 e. The van der Waals surface area contributed by atoms with Crippen LogP contribution in [0.15, 0.2) is 27.4 Å². The van der Waals surface area contributed by atoms with Crippen molar-refractivity contribution in [1.82, 2.24) is 15.1 Å². The van der Waals surface area contributed by atoms with Crippen molar-refractivity contribution in [2.45, 2.75) is 32.4 Å². The van der Waals surface area contributed by atoms with E-state index in [-0.39, 0.29) is 6.04 Å². The summed E-state index contributed by atoms with van der Waals surface area (Å²) in [5.74, 6) is 2.64. The highest BCUT2D eigenvalue weighted by atomic mass is 16.5. The fraction of sp³-hybridized carbons (Fsp3) is 0.438. The third-order valence-electron chi connectivity index (χ3n) is 4.25. The lowest BCUT2D eigenvalue weighted by Gasteiger charge is -2.24. The van der Waals surface area contributed by atoms with Crippen LogP contribution in [0.5, 0.6) is 0 Å². The fourth-order valence-corrected chi connectivity index (χ4v) is 3.23. The summed E-state index contributed by atoms with van der Waals surface area (Å²) in [6, 6.07) is 4.15. The van der Waals surface area contributed by atoms with E-state index in [9.17, 15) is 0 Å². The molecule has 4 heterocycles. The molecule has 1 saturated heterocycles.